The van der Waals surface area contributed by atoms with Crippen molar-refractivity contribution in [1.82, 2.24) is 25.1 Å². The van der Waals surface area contributed by atoms with Crippen LogP contribution in [0.15, 0.2) is 36.8 Å². The summed E-state index contributed by atoms with van der Waals surface area (Å²) in [5, 5.41) is 5.72. The molecule has 0 amide bonds. The van der Waals surface area contributed by atoms with Gasteiger partial charge in [-0.15, -0.1) is 11.3 Å². The SMILES string of the molecule is CCCCc1sc(-c2ccc(-c3cc(C(F)(F)F)[nH]n3)nc2)c2nccnc12. The van der Waals surface area contributed by atoms with Gasteiger partial charge in [-0.2, -0.15) is 18.3 Å². The van der Waals surface area contributed by atoms with E-state index in [9.17, 15) is 13.2 Å². The van der Waals surface area contributed by atoms with Crippen LogP contribution in [0.25, 0.3) is 32.9 Å². The average Bonchev–Trinajstić information content (AvgIpc) is 3.32. The van der Waals surface area contributed by atoms with Crippen LogP contribution in [0.5, 0.6) is 0 Å². The molecule has 28 heavy (non-hydrogen) atoms. The number of aromatic nitrogens is 5. The zero-order valence-electron chi connectivity index (χ0n) is 14.9. The van der Waals surface area contributed by atoms with Gasteiger partial charge in [0.05, 0.1) is 10.6 Å². The second-order valence-corrected chi connectivity index (χ2v) is 7.41. The fraction of sp³-hybridized carbons (Fsp3) is 0.263. The van der Waals surface area contributed by atoms with E-state index in [1.165, 1.54) is 4.88 Å². The van der Waals surface area contributed by atoms with Crippen LogP contribution >= 0.6 is 11.3 Å². The van der Waals surface area contributed by atoms with E-state index in [0.717, 1.165) is 46.8 Å². The molecule has 4 aromatic heterocycles. The van der Waals surface area contributed by atoms with E-state index >= 15 is 0 Å². The Bertz CT molecular complexity index is 1100. The Morgan fingerprint density at radius 2 is 1.82 bits per heavy atom. The molecule has 0 unspecified atom stereocenters. The van der Waals surface area contributed by atoms with E-state index in [2.05, 4.69) is 27.0 Å². The number of alkyl halides is 3. The lowest BCUT2D eigenvalue weighted by molar-refractivity contribution is -0.141. The number of nitrogens with zero attached hydrogens (tertiary/aromatic N) is 4. The van der Waals surface area contributed by atoms with Gasteiger partial charge in [0, 0.05) is 29.0 Å². The van der Waals surface area contributed by atoms with E-state index in [1.807, 2.05) is 11.2 Å². The first-order valence-corrected chi connectivity index (χ1v) is 9.61. The molecule has 0 fully saturated rings. The van der Waals surface area contributed by atoms with Gasteiger partial charge in [0.1, 0.15) is 22.4 Å². The maximum atomic E-state index is 12.7. The molecule has 0 aliphatic rings. The van der Waals surface area contributed by atoms with E-state index < -0.39 is 11.9 Å². The molecule has 0 saturated heterocycles. The van der Waals surface area contributed by atoms with Crippen LogP contribution in [0.4, 0.5) is 13.2 Å². The Hall–Kier alpha value is -2.81. The molecule has 0 saturated carbocycles. The Labute approximate surface area is 162 Å². The molecular formula is C19H16F3N5S. The van der Waals surface area contributed by atoms with Crippen LogP contribution in [-0.2, 0) is 12.6 Å². The summed E-state index contributed by atoms with van der Waals surface area (Å²) >= 11 is 1.64. The number of hydrogen-bond acceptors (Lipinski definition) is 5. The lowest BCUT2D eigenvalue weighted by atomic mass is 10.1. The van der Waals surface area contributed by atoms with Gasteiger partial charge < -0.3 is 0 Å². The van der Waals surface area contributed by atoms with Gasteiger partial charge in [0.25, 0.3) is 0 Å². The molecule has 4 heterocycles. The predicted octanol–water partition coefficient (Wildman–Crippen LogP) is 5.50. The first-order valence-electron chi connectivity index (χ1n) is 8.79. The molecular weight excluding hydrogens is 387 g/mol. The van der Waals surface area contributed by atoms with Gasteiger partial charge in [-0.3, -0.25) is 20.1 Å². The van der Waals surface area contributed by atoms with Crippen LogP contribution in [-0.4, -0.2) is 25.1 Å². The number of fused-ring (bicyclic) bond motifs is 1. The summed E-state index contributed by atoms with van der Waals surface area (Å²) in [6, 6.07) is 4.45. The molecule has 0 aliphatic heterocycles. The van der Waals surface area contributed by atoms with Crippen LogP contribution in [0.2, 0.25) is 0 Å². The van der Waals surface area contributed by atoms with E-state index in [0.29, 0.717) is 5.69 Å². The minimum absolute atomic E-state index is 0.151. The van der Waals surface area contributed by atoms with Crippen molar-refractivity contribution in [2.75, 3.05) is 0 Å². The third kappa shape index (κ3) is 3.49. The molecule has 4 rings (SSSR count). The van der Waals surface area contributed by atoms with Crippen molar-refractivity contribution in [2.24, 2.45) is 0 Å². The molecule has 9 heteroatoms. The zero-order chi connectivity index (χ0) is 19.7. The van der Waals surface area contributed by atoms with E-state index in [4.69, 9.17) is 0 Å². The van der Waals surface area contributed by atoms with Crippen molar-refractivity contribution >= 4 is 22.4 Å². The van der Waals surface area contributed by atoms with Crippen LogP contribution in [0, 0.1) is 0 Å². The maximum absolute atomic E-state index is 12.7. The highest BCUT2D eigenvalue weighted by Gasteiger charge is 2.33. The number of rotatable bonds is 5. The zero-order valence-corrected chi connectivity index (χ0v) is 15.7. The highest BCUT2D eigenvalue weighted by molar-refractivity contribution is 7.17. The number of nitrogens with one attached hydrogen (secondary N) is 1. The smallest absolute Gasteiger partial charge is 0.273 e. The lowest BCUT2D eigenvalue weighted by Gasteiger charge is -2.01. The topological polar surface area (TPSA) is 67.3 Å². The number of hydrogen-bond donors (Lipinski definition) is 1. The highest BCUT2D eigenvalue weighted by atomic mass is 32.1. The summed E-state index contributed by atoms with van der Waals surface area (Å²) in [7, 11) is 0. The van der Waals surface area contributed by atoms with Gasteiger partial charge in [0.2, 0.25) is 0 Å². The van der Waals surface area contributed by atoms with Gasteiger partial charge >= 0.3 is 6.18 Å². The van der Waals surface area contributed by atoms with Crippen LogP contribution in [0.1, 0.15) is 30.3 Å². The molecule has 0 aliphatic carbocycles. The largest absolute Gasteiger partial charge is 0.432 e. The maximum Gasteiger partial charge on any atom is 0.432 e. The minimum atomic E-state index is -4.46. The number of H-pyrrole nitrogens is 1. The third-order valence-electron chi connectivity index (χ3n) is 4.33. The molecule has 144 valence electrons. The molecule has 5 nitrogen and oxygen atoms in total. The van der Waals surface area contributed by atoms with Crippen molar-refractivity contribution in [3.63, 3.8) is 0 Å². The molecule has 0 aromatic carbocycles. The van der Waals surface area contributed by atoms with E-state index in [-0.39, 0.29) is 5.69 Å². The fourth-order valence-corrected chi connectivity index (χ4v) is 4.13. The number of aromatic amines is 1. The monoisotopic (exact) mass is 403 g/mol. The minimum Gasteiger partial charge on any atom is -0.273 e. The third-order valence-corrected chi connectivity index (χ3v) is 5.61. The predicted molar refractivity (Wildman–Crippen MR) is 102 cm³/mol. The lowest BCUT2D eigenvalue weighted by Crippen LogP contribution is -2.04. The summed E-state index contributed by atoms with van der Waals surface area (Å²) < 4.78 is 38.2. The highest BCUT2D eigenvalue weighted by Crippen LogP contribution is 2.37. The van der Waals surface area contributed by atoms with Gasteiger partial charge in [-0.05, 0) is 31.0 Å². The molecule has 4 aromatic rings. The molecule has 0 atom stereocenters. The Morgan fingerprint density at radius 3 is 2.46 bits per heavy atom. The number of unbranched alkanes of at least 4 members (excludes halogenated alkanes) is 1. The standard InChI is InChI=1S/C19H16F3N5S/c1-2-3-4-14-16-17(24-8-7-23-16)18(28-14)11-5-6-12(25-10-11)13-9-15(27-26-13)19(20,21)22/h5-10H,2-4H2,1H3,(H,26,27). The van der Waals surface area contributed by atoms with Crippen molar-refractivity contribution in [3.05, 3.63) is 47.4 Å². The van der Waals surface area contributed by atoms with Crippen LogP contribution < -0.4 is 0 Å². The molecule has 0 radical (unpaired) electrons. The second kappa shape index (κ2) is 7.31. The average molecular weight is 403 g/mol. The number of thiophene rings is 1. The van der Waals surface area contributed by atoms with Gasteiger partial charge in [-0.25, -0.2) is 0 Å². The summed E-state index contributed by atoms with van der Waals surface area (Å²) in [5.74, 6) is 0. The molecule has 0 spiro atoms. The Kier molecular flexibility index (Phi) is 4.84. The number of halogens is 3. The first kappa shape index (κ1) is 18.5. The van der Waals surface area contributed by atoms with E-state index in [1.54, 1.807) is 36.0 Å². The number of pyridine rings is 1. The normalized spacial score (nSPS) is 12.0. The first-order chi connectivity index (χ1) is 13.5. The fourth-order valence-electron chi connectivity index (χ4n) is 2.91. The summed E-state index contributed by atoms with van der Waals surface area (Å²) in [4.78, 5) is 15.4. The Balaban J connectivity index is 1.68. The van der Waals surface area contributed by atoms with Gasteiger partial charge in [-0.1, -0.05) is 13.3 Å². The summed E-state index contributed by atoms with van der Waals surface area (Å²) in [6.45, 7) is 2.14. The second-order valence-electron chi connectivity index (χ2n) is 6.31. The Morgan fingerprint density at radius 1 is 1.04 bits per heavy atom. The van der Waals surface area contributed by atoms with Crippen molar-refractivity contribution in [2.45, 2.75) is 32.4 Å². The van der Waals surface area contributed by atoms with Crippen molar-refractivity contribution in [1.29, 1.82) is 0 Å². The molecule has 1 N–H and O–H groups in total. The van der Waals surface area contributed by atoms with Crippen molar-refractivity contribution in [3.8, 4) is 21.8 Å². The van der Waals surface area contributed by atoms with Crippen LogP contribution in [0.3, 0.4) is 0 Å². The summed E-state index contributed by atoms with van der Waals surface area (Å²) in [5.41, 5.74) is 2.21. The van der Waals surface area contributed by atoms with Gasteiger partial charge in [0.15, 0.2) is 0 Å². The summed E-state index contributed by atoms with van der Waals surface area (Å²) in [6.07, 6.45) is 3.63. The van der Waals surface area contributed by atoms with Crippen molar-refractivity contribution < 1.29 is 13.2 Å². The molecule has 0 bridgehead atoms. The number of aryl methyl sites for hydroxylation is 1. The quantitative estimate of drug-likeness (QED) is 0.477.